The first-order valence-corrected chi connectivity index (χ1v) is 11.1. The van der Waals surface area contributed by atoms with Crippen LogP contribution in [-0.4, -0.2) is 21.2 Å². The summed E-state index contributed by atoms with van der Waals surface area (Å²) < 4.78 is 1.61. The standard InChI is InChI=1S/C24H20ClN3O2S/c1-16-6-2-4-8-20(16)26-22(29)15-31-24-27-21-9-5-3-7-19(21)23(30)28(24)14-17-10-12-18(25)13-11-17/h2-13H,14-15H2,1H3,(H,26,29). The number of hydrogen-bond donors (Lipinski definition) is 1. The molecular formula is C24H20ClN3O2S. The van der Waals surface area contributed by atoms with Crippen LogP contribution in [0.2, 0.25) is 5.02 Å². The molecule has 0 saturated carbocycles. The van der Waals surface area contributed by atoms with E-state index in [-0.39, 0.29) is 17.2 Å². The first kappa shape index (κ1) is 21.2. The van der Waals surface area contributed by atoms with Crippen molar-refractivity contribution >= 4 is 45.9 Å². The van der Waals surface area contributed by atoms with Crippen LogP contribution in [0.5, 0.6) is 0 Å². The number of hydrogen-bond acceptors (Lipinski definition) is 4. The zero-order valence-corrected chi connectivity index (χ0v) is 18.4. The summed E-state index contributed by atoms with van der Waals surface area (Å²) in [6, 6.07) is 22.2. The third-order valence-corrected chi connectivity index (χ3v) is 6.06. The molecule has 156 valence electrons. The molecule has 1 aromatic heterocycles. The van der Waals surface area contributed by atoms with Gasteiger partial charge in [-0.05, 0) is 48.4 Å². The van der Waals surface area contributed by atoms with E-state index in [9.17, 15) is 9.59 Å². The Kier molecular flexibility index (Phi) is 6.39. The van der Waals surface area contributed by atoms with E-state index in [0.717, 1.165) is 16.8 Å². The van der Waals surface area contributed by atoms with E-state index in [4.69, 9.17) is 11.6 Å². The van der Waals surface area contributed by atoms with E-state index < -0.39 is 0 Å². The number of aromatic nitrogens is 2. The predicted octanol–water partition coefficient (Wildman–Crippen LogP) is 5.14. The second-order valence-electron chi connectivity index (χ2n) is 7.08. The van der Waals surface area contributed by atoms with Crippen molar-refractivity contribution in [1.82, 2.24) is 9.55 Å². The van der Waals surface area contributed by atoms with Crippen molar-refractivity contribution < 1.29 is 4.79 Å². The highest BCUT2D eigenvalue weighted by Crippen LogP contribution is 2.21. The SMILES string of the molecule is Cc1ccccc1NC(=O)CSc1nc2ccccc2c(=O)n1Cc1ccc(Cl)cc1. The fraction of sp³-hybridized carbons (Fsp3) is 0.125. The summed E-state index contributed by atoms with van der Waals surface area (Å²) in [5.41, 5.74) is 3.17. The Morgan fingerprint density at radius 1 is 1.03 bits per heavy atom. The van der Waals surface area contributed by atoms with E-state index in [1.165, 1.54) is 11.8 Å². The van der Waals surface area contributed by atoms with Gasteiger partial charge in [-0.3, -0.25) is 14.2 Å². The summed E-state index contributed by atoms with van der Waals surface area (Å²) >= 11 is 7.23. The van der Waals surface area contributed by atoms with E-state index in [1.54, 1.807) is 28.8 Å². The van der Waals surface area contributed by atoms with Crippen molar-refractivity contribution in [2.75, 3.05) is 11.1 Å². The smallest absolute Gasteiger partial charge is 0.262 e. The molecule has 1 amide bonds. The Morgan fingerprint density at radius 3 is 2.52 bits per heavy atom. The number of thioether (sulfide) groups is 1. The molecule has 1 heterocycles. The number of amides is 1. The van der Waals surface area contributed by atoms with Gasteiger partial charge in [-0.25, -0.2) is 4.98 Å². The van der Waals surface area contributed by atoms with Crippen LogP contribution >= 0.6 is 23.4 Å². The average molecular weight is 450 g/mol. The van der Waals surface area contributed by atoms with Crippen molar-refractivity contribution in [2.24, 2.45) is 0 Å². The number of benzene rings is 3. The molecule has 0 fully saturated rings. The molecule has 3 aromatic carbocycles. The van der Waals surface area contributed by atoms with Crippen LogP contribution in [0.15, 0.2) is 82.7 Å². The molecular weight excluding hydrogens is 430 g/mol. The van der Waals surface area contributed by atoms with Gasteiger partial charge in [-0.15, -0.1) is 0 Å². The monoisotopic (exact) mass is 449 g/mol. The van der Waals surface area contributed by atoms with Crippen LogP contribution < -0.4 is 10.9 Å². The van der Waals surface area contributed by atoms with Crippen LogP contribution in [0, 0.1) is 6.92 Å². The summed E-state index contributed by atoms with van der Waals surface area (Å²) in [6.07, 6.45) is 0. The lowest BCUT2D eigenvalue weighted by molar-refractivity contribution is -0.113. The number of rotatable bonds is 6. The zero-order valence-electron chi connectivity index (χ0n) is 16.8. The van der Waals surface area contributed by atoms with Crippen molar-refractivity contribution in [2.45, 2.75) is 18.6 Å². The lowest BCUT2D eigenvalue weighted by atomic mass is 10.2. The lowest BCUT2D eigenvalue weighted by Gasteiger charge is -2.14. The number of nitrogens with zero attached hydrogens (tertiary/aromatic N) is 2. The Labute approximate surface area is 189 Å². The molecule has 5 nitrogen and oxygen atoms in total. The molecule has 0 unspecified atom stereocenters. The molecule has 0 bridgehead atoms. The Balaban J connectivity index is 1.62. The molecule has 7 heteroatoms. The quantitative estimate of drug-likeness (QED) is 0.327. The first-order valence-electron chi connectivity index (χ1n) is 9.73. The second kappa shape index (κ2) is 9.37. The van der Waals surface area contributed by atoms with Crippen molar-refractivity contribution in [1.29, 1.82) is 0 Å². The minimum atomic E-state index is -0.153. The third kappa shape index (κ3) is 4.98. The zero-order chi connectivity index (χ0) is 21.8. The third-order valence-electron chi connectivity index (χ3n) is 4.83. The lowest BCUT2D eigenvalue weighted by Crippen LogP contribution is -2.25. The number of anilines is 1. The maximum atomic E-state index is 13.2. The van der Waals surface area contributed by atoms with Gasteiger partial charge in [0.1, 0.15) is 0 Å². The molecule has 1 N–H and O–H groups in total. The molecule has 4 aromatic rings. The number of fused-ring (bicyclic) bond motifs is 1. The van der Waals surface area contributed by atoms with Gasteiger partial charge in [0.05, 0.1) is 23.2 Å². The van der Waals surface area contributed by atoms with Crippen LogP contribution in [0.3, 0.4) is 0 Å². The van der Waals surface area contributed by atoms with Crippen LogP contribution in [0.4, 0.5) is 5.69 Å². The molecule has 0 spiro atoms. The molecule has 0 atom stereocenters. The number of carbonyl (C=O) groups is 1. The van der Waals surface area contributed by atoms with Crippen LogP contribution in [0.1, 0.15) is 11.1 Å². The molecule has 0 aliphatic rings. The van der Waals surface area contributed by atoms with E-state index >= 15 is 0 Å². The summed E-state index contributed by atoms with van der Waals surface area (Å²) in [7, 11) is 0. The highest BCUT2D eigenvalue weighted by Gasteiger charge is 2.14. The fourth-order valence-corrected chi connectivity index (χ4v) is 4.12. The predicted molar refractivity (Wildman–Crippen MR) is 127 cm³/mol. The molecule has 31 heavy (non-hydrogen) atoms. The molecule has 4 rings (SSSR count). The highest BCUT2D eigenvalue weighted by molar-refractivity contribution is 7.99. The van der Waals surface area contributed by atoms with Gasteiger partial charge in [0.2, 0.25) is 5.91 Å². The van der Waals surface area contributed by atoms with Gasteiger partial charge in [0.15, 0.2) is 5.16 Å². The molecule has 0 aliphatic heterocycles. The average Bonchev–Trinajstić information content (AvgIpc) is 2.77. The summed E-state index contributed by atoms with van der Waals surface area (Å²) in [5.74, 6) is -0.0144. The summed E-state index contributed by atoms with van der Waals surface area (Å²) in [6.45, 7) is 2.28. The molecule has 0 aliphatic carbocycles. The topological polar surface area (TPSA) is 64.0 Å². The largest absolute Gasteiger partial charge is 0.325 e. The van der Waals surface area contributed by atoms with Gasteiger partial charge >= 0.3 is 0 Å². The Morgan fingerprint density at radius 2 is 1.74 bits per heavy atom. The first-order chi connectivity index (χ1) is 15.0. The van der Waals surface area contributed by atoms with Gasteiger partial charge in [0.25, 0.3) is 5.56 Å². The van der Waals surface area contributed by atoms with Crippen LogP contribution in [-0.2, 0) is 11.3 Å². The van der Waals surface area contributed by atoms with Crippen molar-refractivity contribution in [3.63, 3.8) is 0 Å². The summed E-state index contributed by atoms with van der Waals surface area (Å²) in [4.78, 5) is 30.4. The van der Waals surface area contributed by atoms with E-state index in [2.05, 4.69) is 10.3 Å². The number of para-hydroxylation sites is 2. The highest BCUT2D eigenvalue weighted by atomic mass is 35.5. The maximum absolute atomic E-state index is 13.2. The minimum Gasteiger partial charge on any atom is -0.325 e. The van der Waals surface area contributed by atoms with Gasteiger partial charge in [-0.1, -0.05) is 65.8 Å². The fourth-order valence-electron chi connectivity index (χ4n) is 3.20. The minimum absolute atomic E-state index is 0.137. The van der Waals surface area contributed by atoms with Gasteiger partial charge in [0, 0.05) is 10.7 Å². The van der Waals surface area contributed by atoms with Gasteiger partial charge in [-0.2, -0.15) is 0 Å². The van der Waals surface area contributed by atoms with Gasteiger partial charge < -0.3 is 5.32 Å². The van der Waals surface area contributed by atoms with Crippen molar-refractivity contribution in [3.8, 4) is 0 Å². The van der Waals surface area contributed by atoms with Crippen LogP contribution in [0.25, 0.3) is 10.9 Å². The normalized spacial score (nSPS) is 10.9. The van der Waals surface area contributed by atoms with E-state index in [1.807, 2.05) is 55.5 Å². The Bertz CT molecular complexity index is 1300. The number of nitrogens with one attached hydrogen (secondary N) is 1. The molecule has 0 saturated heterocycles. The Hall–Kier alpha value is -3.09. The summed E-state index contributed by atoms with van der Waals surface area (Å²) in [5, 5.41) is 4.60. The number of halogens is 1. The molecule has 0 radical (unpaired) electrons. The van der Waals surface area contributed by atoms with Crippen molar-refractivity contribution in [3.05, 3.63) is 99.3 Å². The number of aryl methyl sites for hydroxylation is 1. The maximum Gasteiger partial charge on any atom is 0.262 e. The second-order valence-corrected chi connectivity index (χ2v) is 8.46. The van der Waals surface area contributed by atoms with E-state index in [0.29, 0.717) is 27.6 Å². The number of carbonyl (C=O) groups excluding carboxylic acids is 1.